The lowest BCUT2D eigenvalue weighted by atomic mass is 9.99. The fourth-order valence-electron chi connectivity index (χ4n) is 2.36. The van der Waals surface area contributed by atoms with Crippen LogP contribution in [0.2, 0.25) is 0 Å². The van der Waals surface area contributed by atoms with Gasteiger partial charge in [0.15, 0.2) is 0 Å². The number of nitriles is 1. The molecule has 0 N–H and O–H groups in total. The molecule has 4 nitrogen and oxygen atoms in total. The fraction of sp³-hybridized carbons (Fsp3) is 0.200. The first-order valence-corrected chi connectivity index (χ1v) is 7.54. The van der Waals surface area contributed by atoms with E-state index in [1.165, 1.54) is 0 Å². The van der Waals surface area contributed by atoms with Gasteiger partial charge in [0.2, 0.25) is 0 Å². The molecular formula is C20H20N4. The average Bonchev–Trinajstić information content (AvgIpc) is 2.57. The smallest absolute Gasteiger partial charge is 0.269 e. The van der Waals surface area contributed by atoms with Crippen molar-refractivity contribution in [2.24, 2.45) is 0 Å². The van der Waals surface area contributed by atoms with Crippen LogP contribution in [0, 0.1) is 17.9 Å². The van der Waals surface area contributed by atoms with Gasteiger partial charge in [0.1, 0.15) is 0 Å². The second-order valence-corrected chi connectivity index (χ2v) is 5.91. The van der Waals surface area contributed by atoms with Crippen LogP contribution in [0.3, 0.4) is 0 Å². The summed E-state index contributed by atoms with van der Waals surface area (Å²) in [6.45, 7) is 7.26. The molecule has 2 rings (SSSR count). The molecule has 0 atom stereocenters. The Labute approximate surface area is 143 Å². The van der Waals surface area contributed by atoms with Crippen molar-refractivity contribution in [1.82, 2.24) is 4.90 Å². The van der Waals surface area contributed by atoms with E-state index in [2.05, 4.69) is 27.9 Å². The van der Waals surface area contributed by atoms with Gasteiger partial charge >= 0.3 is 0 Å². The predicted octanol–water partition coefficient (Wildman–Crippen LogP) is 4.14. The summed E-state index contributed by atoms with van der Waals surface area (Å²) in [4.78, 5) is 7.31. The molecule has 0 unspecified atom stereocenters. The van der Waals surface area contributed by atoms with Gasteiger partial charge < -0.3 is 9.80 Å². The minimum atomic E-state index is 0.0948. The van der Waals surface area contributed by atoms with Crippen molar-refractivity contribution in [3.8, 4) is 6.07 Å². The lowest BCUT2D eigenvalue weighted by Gasteiger charge is -2.14. The third kappa shape index (κ3) is 3.74. The summed E-state index contributed by atoms with van der Waals surface area (Å²) < 4.78 is 0. The Balaban J connectivity index is 2.60. The topological polar surface area (TPSA) is 34.6 Å². The molecule has 2 aromatic rings. The van der Waals surface area contributed by atoms with Crippen LogP contribution in [0.5, 0.6) is 0 Å². The highest BCUT2D eigenvalue weighted by Crippen LogP contribution is 2.27. The lowest BCUT2D eigenvalue weighted by molar-refractivity contribution is 0.564. The minimum absolute atomic E-state index is 0.0948. The quantitative estimate of drug-likeness (QED) is 0.483. The molecule has 24 heavy (non-hydrogen) atoms. The van der Waals surface area contributed by atoms with Crippen LogP contribution >= 0.6 is 0 Å². The van der Waals surface area contributed by atoms with Gasteiger partial charge in [0.05, 0.1) is 12.6 Å². The van der Waals surface area contributed by atoms with Crippen LogP contribution in [-0.4, -0.2) is 33.1 Å². The molecule has 0 fully saturated rings. The molecule has 0 aliphatic carbocycles. The van der Waals surface area contributed by atoms with E-state index in [-0.39, 0.29) is 5.70 Å². The van der Waals surface area contributed by atoms with Crippen LogP contribution < -0.4 is 4.90 Å². The fourth-order valence-corrected chi connectivity index (χ4v) is 2.36. The molecule has 0 spiro atoms. The summed E-state index contributed by atoms with van der Waals surface area (Å²) in [5, 5.41) is 11.5. The Morgan fingerprint density at radius 3 is 2.33 bits per heavy atom. The van der Waals surface area contributed by atoms with Gasteiger partial charge in [-0.2, -0.15) is 0 Å². The van der Waals surface area contributed by atoms with Crippen LogP contribution in [0.15, 0.2) is 54.4 Å². The Kier molecular flexibility index (Phi) is 5.24. The number of hydrogen-bond donors (Lipinski definition) is 0. The van der Waals surface area contributed by atoms with Crippen molar-refractivity contribution in [2.75, 3.05) is 33.1 Å². The van der Waals surface area contributed by atoms with E-state index in [9.17, 15) is 5.26 Å². The molecule has 0 heterocycles. The van der Waals surface area contributed by atoms with Crippen LogP contribution in [0.1, 0.15) is 5.56 Å². The summed E-state index contributed by atoms with van der Waals surface area (Å²) in [7, 11) is 7.83. The molecule has 0 saturated carbocycles. The van der Waals surface area contributed by atoms with Crippen molar-refractivity contribution in [3.63, 3.8) is 0 Å². The third-order valence-electron chi connectivity index (χ3n) is 3.66. The molecule has 0 bridgehead atoms. The Morgan fingerprint density at radius 1 is 1.08 bits per heavy atom. The number of benzene rings is 2. The number of hydrogen-bond acceptors (Lipinski definition) is 3. The van der Waals surface area contributed by atoms with Crippen molar-refractivity contribution in [3.05, 3.63) is 71.4 Å². The van der Waals surface area contributed by atoms with Gasteiger partial charge in [-0.1, -0.05) is 18.2 Å². The molecule has 0 aromatic heterocycles. The first-order chi connectivity index (χ1) is 11.5. The number of anilines is 1. The predicted molar refractivity (Wildman–Crippen MR) is 100 cm³/mol. The molecule has 4 heteroatoms. The van der Waals surface area contributed by atoms with Gasteiger partial charge in [0, 0.05) is 39.5 Å². The SMILES string of the molecule is [C-]#[N+]/C(C#N)=C(/C=C/N(C)C)c1ccc2cc(N(C)C)ccc2c1. The summed E-state index contributed by atoms with van der Waals surface area (Å²) in [5.74, 6) is 0. The van der Waals surface area contributed by atoms with Crippen LogP contribution in [0.4, 0.5) is 5.69 Å². The highest BCUT2D eigenvalue weighted by atomic mass is 15.1. The zero-order chi connectivity index (χ0) is 17.7. The summed E-state index contributed by atoms with van der Waals surface area (Å²) >= 11 is 0. The second-order valence-electron chi connectivity index (χ2n) is 5.91. The highest BCUT2D eigenvalue weighted by Gasteiger charge is 2.08. The minimum Gasteiger partial charge on any atom is -0.384 e. The summed E-state index contributed by atoms with van der Waals surface area (Å²) in [6.07, 6.45) is 3.66. The van der Waals surface area contributed by atoms with Gasteiger partial charge in [0.25, 0.3) is 5.70 Å². The molecular weight excluding hydrogens is 296 g/mol. The molecule has 0 saturated heterocycles. The van der Waals surface area contributed by atoms with Gasteiger partial charge in [-0.25, -0.2) is 10.1 Å². The van der Waals surface area contributed by atoms with Crippen molar-refractivity contribution >= 4 is 22.0 Å². The van der Waals surface area contributed by atoms with Gasteiger partial charge in [-0.3, -0.25) is 0 Å². The summed E-state index contributed by atoms with van der Waals surface area (Å²) in [6, 6.07) is 14.2. The van der Waals surface area contributed by atoms with Gasteiger partial charge in [-0.05, 0) is 46.8 Å². The lowest BCUT2D eigenvalue weighted by Crippen LogP contribution is -2.08. The number of rotatable bonds is 4. The Bertz CT molecular complexity index is 874. The molecule has 0 aliphatic rings. The normalized spacial score (nSPS) is 11.8. The molecule has 2 aromatic carbocycles. The van der Waals surface area contributed by atoms with E-state index < -0.39 is 0 Å². The van der Waals surface area contributed by atoms with Crippen LogP contribution in [0.25, 0.3) is 21.2 Å². The monoisotopic (exact) mass is 316 g/mol. The van der Waals surface area contributed by atoms with E-state index in [4.69, 9.17) is 6.57 Å². The maximum absolute atomic E-state index is 9.26. The highest BCUT2D eigenvalue weighted by molar-refractivity contribution is 5.91. The van der Waals surface area contributed by atoms with Crippen molar-refractivity contribution in [2.45, 2.75) is 0 Å². The first-order valence-electron chi connectivity index (χ1n) is 7.54. The second kappa shape index (κ2) is 7.35. The van der Waals surface area contributed by atoms with Crippen LogP contribution in [-0.2, 0) is 0 Å². The molecule has 0 radical (unpaired) electrons. The van der Waals surface area contributed by atoms with Crippen molar-refractivity contribution < 1.29 is 0 Å². The molecule has 120 valence electrons. The average molecular weight is 316 g/mol. The summed E-state index contributed by atoms with van der Waals surface area (Å²) in [5.41, 5.74) is 2.74. The third-order valence-corrected chi connectivity index (χ3v) is 3.66. The zero-order valence-corrected chi connectivity index (χ0v) is 14.4. The maximum Gasteiger partial charge on any atom is 0.269 e. The standard InChI is InChI=1S/C20H20N4/c1-22-20(14-21)19(10-11-23(2)3)17-7-6-16-13-18(24(4)5)9-8-15(16)12-17/h6-13H,2-5H3/b11-10+,20-19-. The number of fused-ring (bicyclic) bond motifs is 1. The van der Waals surface area contributed by atoms with Crippen molar-refractivity contribution in [1.29, 1.82) is 5.26 Å². The van der Waals surface area contributed by atoms with E-state index in [1.807, 2.05) is 69.6 Å². The first kappa shape index (κ1) is 17.1. The van der Waals surface area contributed by atoms with E-state index >= 15 is 0 Å². The number of nitrogens with zero attached hydrogens (tertiary/aromatic N) is 4. The van der Waals surface area contributed by atoms with E-state index in [0.29, 0.717) is 5.57 Å². The number of allylic oxidation sites excluding steroid dienone is 3. The largest absolute Gasteiger partial charge is 0.384 e. The molecule has 0 aliphatic heterocycles. The zero-order valence-electron chi connectivity index (χ0n) is 14.4. The Hall–Kier alpha value is -3.24. The van der Waals surface area contributed by atoms with E-state index in [1.54, 1.807) is 0 Å². The molecule has 0 amide bonds. The van der Waals surface area contributed by atoms with Gasteiger partial charge in [-0.15, -0.1) is 0 Å². The van der Waals surface area contributed by atoms with E-state index in [0.717, 1.165) is 22.0 Å². The maximum atomic E-state index is 9.26. The Morgan fingerprint density at radius 2 is 1.75 bits per heavy atom.